The van der Waals surface area contributed by atoms with Gasteiger partial charge in [-0.25, -0.2) is 4.39 Å². The highest BCUT2D eigenvalue weighted by Crippen LogP contribution is 2.51. The van der Waals surface area contributed by atoms with Gasteiger partial charge >= 0.3 is 0 Å². The molecule has 0 heterocycles. The molecule has 0 saturated heterocycles. The molecule has 92 valence electrons. The van der Waals surface area contributed by atoms with Crippen molar-refractivity contribution in [2.75, 3.05) is 0 Å². The van der Waals surface area contributed by atoms with Crippen molar-refractivity contribution in [3.8, 4) is 0 Å². The molecule has 0 aliphatic heterocycles. The average molecular weight is 233 g/mol. The quantitative estimate of drug-likeness (QED) is 0.834. The molecular formula is C15H20FN. The summed E-state index contributed by atoms with van der Waals surface area (Å²) in [6.45, 7) is 2.01. The van der Waals surface area contributed by atoms with Gasteiger partial charge in [-0.15, -0.1) is 0 Å². The lowest BCUT2D eigenvalue weighted by Crippen LogP contribution is -2.32. The Balaban J connectivity index is 2.07. The number of fused-ring (bicyclic) bond motifs is 1. The second-order valence-corrected chi connectivity index (χ2v) is 5.72. The van der Waals surface area contributed by atoms with Crippen molar-refractivity contribution < 1.29 is 4.39 Å². The summed E-state index contributed by atoms with van der Waals surface area (Å²) in [4.78, 5) is 0. The molecule has 1 unspecified atom stereocenters. The molecule has 1 saturated carbocycles. The van der Waals surface area contributed by atoms with Crippen molar-refractivity contribution in [3.05, 3.63) is 34.6 Å². The van der Waals surface area contributed by atoms with Gasteiger partial charge in [0, 0.05) is 11.5 Å². The van der Waals surface area contributed by atoms with Crippen LogP contribution in [-0.4, -0.2) is 6.04 Å². The highest BCUT2D eigenvalue weighted by molar-refractivity contribution is 5.42. The number of hydrogen-bond donors (Lipinski definition) is 1. The van der Waals surface area contributed by atoms with Gasteiger partial charge in [-0.1, -0.05) is 12.1 Å². The van der Waals surface area contributed by atoms with E-state index in [1.54, 1.807) is 0 Å². The Bertz CT molecular complexity index is 446. The fraction of sp³-hybridized carbons (Fsp3) is 0.600. The minimum absolute atomic E-state index is 0.0528. The Morgan fingerprint density at radius 3 is 2.59 bits per heavy atom. The van der Waals surface area contributed by atoms with Crippen LogP contribution < -0.4 is 5.73 Å². The van der Waals surface area contributed by atoms with Crippen LogP contribution in [0.25, 0.3) is 0 Å². The molecular weight excluding hydrogens is 213 g/mol. The Morgan fingerprint density at radius 2 is 1.94 bits per heavy atom. The van der Waals surface area contributed by atoms with Gasteiger partial charge in [-0.05, 0) is 62.1 Å². The van der Waals surface area contributed by atoms with Gasteiger partial charge in [0.1, 0.15) is 5.82 Å². The molecule has 0 aromatic heterocycles. The summed E-state index contributed by atoms with van der Waals surface area (Å²) in [5.74, 6) is 0.0528. The third-order valence-electron chi connectivity index (χ3n) is 4.66. The van der Waals surface area contributed by atoms with Crippen LogP contribution >= 0.6 is 0 Å². The number of hydrogen-bond acceptors (Lipinski definition) is 1. The van der Waals surface area contributed by atoms with Crippen molar-refractivity contribution in [2.24, 2.45) is 5.73 Å². The number of halogens is 1. The summed E-state index contributed by atoms with van der Waals surface area (Å²) < 4.78 is 14.6. The molecule has 0 spiro atoms. The predicted molar refractivity (Wildman–Crippen MR) is 67.6 cm³/mol. The molecule has 1 nitrogen and oxygen atoms in total. The summed E-state index contributed by atoms with van der Waals surface area (Å²) in [5.41, 5.74) is 9.06. The normalized spacial score (nSPS) is 23.0. The first-order chi connectivity index (χ1) is 8.15. The number of rotatable bonds is 2. The van der Waals surface area contributed by atoms with Crippen molar-refractivity contribution in [1.82, 2.24) is 0 Å². The second kappa shape index (κ2) is 3.81. The van der Waals surface area contributed by atoms with Gasteiger partial charge in [-0.3, -0.25) is 0 Å². The van der Waals surface area contributed by atoms with E-state index in [1.807, 2.05) is 13.0 Å². The van der Waals surface area contributed by atoms with E-state index in [9.17, 15) is 4.39 Å². The van der Waals surface area contributed by atoms with E-state index < -0.39 is 0 Å². The fourth-order valence-electron chi connectivity index (χ4n) is 3.27. The topological polar surface area (TPSA) is 26.0 Å². The SMILES string of the molecule is CC(N)C1(c2ccc3c(c2F)CCCC3)CC1. The van der Waals surface area contributed by atoms with E-state index in [2.05, 4.69) is 6.07 Å². The lowest BCUT2D eigenvalue weighted by molar-refractivity contribution is 0.498. The van der Waals surface area contributed by atoms with Gasteiger partial charge < -0.3 is 5.73 Å². The van der Waals surface area contributed by atoms with Crippen LogP contribution in [0.5, 0.6) is 0 Å². The molecule has 3 rings (SSSR count). The molecule has 0 amide bonds. The lowest BCUT2D eigenvalue weighted by atomic mass is 9.83. The molecule has 0 radical (unpaired) electrons. The van der Waals surface area contributed by atoms with Crippen LogP contribution in [0.3, 0.4) is 0 Å². The Labute approximate surface area is 102 Å². The van der Waals surface area contributed by atoms with E-state index in [4.69, 9.17) is 5.73 Å². The van der Waals surface area contributed by atoms with Crippen LogP contribution in [0.4, 0.5) is 4.39 Å². The van der Waals surface area contributed by atoms with Crippen molar-refractivity contribution in [3.63, 3.8) is 0 Å². The van der Waals surface area contributed by atoms with Gasteiger partial charge in [0.25, 0.3) is 0 Å². The molecule has 1 aromatic carbocycles. The van der Waals surface area contributed by atoms with Gasteiger partial charge in [0.2, 0.25) is 0 Å². The number of benzene rings is 1. The van der Waals surface area contributed by atoms with E-state index in [-0.39, 0.29) is 17.3 Å². The van der Waals surface area contributed by atoms with Gasteiger partial charge in [0.15, 0.2) is 0 Å². The van der Waals surface area contributed by atoms with Crippen LogP contribution in [0.2, 0.25) is 0 Å². The molecule has 0 bridgehead atoms. The first-order valence-electron chi connectivity index (χ1n) is 6.71. The first kappa shape index (κ1) is 11.2. The molecule has 17 heavy (non-hydrogen) atoms. The molecule has 2 heteroatoms. The summed E-state index contributed by atoms with van der Waals surface area (Å²) in [6, 6.07) is 4.18. The zero-order valence-electron chi connectivity index (χ0n) is 10.4. The summed E-state index contributed by atoms with van der Waals surface area (Å²) in [5, 5.41) is 0. The van der Waals surface area contributed by atoms with E-state index in [0.717, 1.165) is 43.2 Å². The van der Waals surface area contributed by atoms with Gasteiger partial charge in [0.05, 0.1) is 0 Å². The minimum Gasteiger partial charge on any atom is -0.327 e. The van der Waals surface area contributed by atoms with E-state index in [0.29, 0.717) is 0 Å². The smallest absolute Gasteiger partial charge is 0.130 e. The summed E-state index contributed by atoms with van der Waals surface area (Å²) in [6.07, 6.45) is 6.35. The van der Waals surface area contributed by atoms with Crippen molar-refractivity contribution in [2.45, 2.75) is 56.9 Å². The summed E-state index contributed by atoms with van der Waals surface area (Å²) in [7, 11) is 0. The minimum atomic E-state index is -0.0590. The second-order valence-electron chi connectivity index (χ2n) is 5.72. The maximum Gasteiger partial charge on any atom is 0.130 e. The Kier molecular flexibility index (Phi) is 2.51. The Morgan fingerprint density at radius 1 is 1.24 bits per heavy atom. The van der Waals surface area contributed by atoms with Crippen molar-refractivity contribution in [1.29, 1.82) is 0 Å². The van der Waals surface area contributed by atoms with Crippen LogP contribution in [0.15, 0.2) is 12.1 Å². The molecule has 1 atom stereocenters. The molecule has 2 aliphatic rings. The predicted octanol–water partition coefficient (Wildman–Crippen LogP) is 3.08. The Hall–Kier alpha value is -0.890. The summed E-state index contributed by atoms with van der Waals surface area (Å²) >= 11 is 0. The maximum absolute atomic E-state index is 14.6. The monoisotopic (exact) mass is 233 g/mol. The largest absolute Gasteiger partial charge is 0.327 e. The first-order valence-corrected chi connectivity index (χ1v) is 6.71. The van der Waals surface area contributed by atoms with E-state index in [1.165, 1.54) is 12.0 Å². The third kappa shape index (κ3) is 1.61. The maximum atomic E-state index is 14.6. The van der Waals surface area contributed by atoms with E-state index >= 15 is 0 Å². The number of nitrogens with two attached hydrogens (primary N) is 1. The number of aryl methyl sites for hydroxylation is 1. The molecule has 1 aromatic rings. The molecule has 2 aliphatic carbocycles. The zero-order valence-corrected chi connectivity index (χ0v) is 10.4. The fourth-order valence-corrected chi connectivity index (χ4v) is 3.27. The molecule has 2 N–H and O–H groups in total. The van der Waals surface area contributed by atoms with Crippen LogP contribution in [0, 0.1) is 5.82 Å². The van der Waals surface area contributed by atoms with Crippen LogP contribution in [-0.2, 0) is 18.3 Å². The standard InChI is InChI=1S/C15H20FN/c1-10(17)15(8-9-15)13-7-6-11-4-2-3-5-12(11)14(13)16/h6-7,10H,2-5,8-9,17H2,1H3. The zero-order chi connectivity index (χ0) is 12.0. The lowest BCUT2D eigenvalue weighted by Gasteiger charge is -2.25. The molecule has 1 fully saturated rings. The van der Waals surface area contributed by atoms with Gasteiger partial charge in [-0.2, -0.15) is 0 Å². The third-order valence-corrected chi connectivity index (χ3v) is 4.66. The highest BCUT2D eigenvalue weighted by Gasteiger charge is 2.49. The average Bonchev–Trinajstić information content (AvgIpc) is 3.11. The highest BCUT2D eigenvalue weighted by atomic mass is 19.1. The van der Waals surface area contributed by atoms with Crippen molar-refractivity contribution >= 4 is 0 Å². The van der Waals surface area contributed by atoms with Crippen LogP contribution in [0.1, 0.15) is 49.3 Å².